The van der Waals surface area contributed by atoms with Gasteiger partial charge in [-0.3, -0.25) is 0 Å². The molecule has 35 valence electrons. The van der Waals surface area contributed by atoms with Gasteiger partial charge in [0, 0.05) is 49.9 Å². The SMILES string of the molecule is O=C(O)C(=O)O.[Fr]. The Kier molecular flexibility index (Phi) is 7.04. The van der Waals surface area contributed by atoms with E-state index in [2.05, 4.69) is 0 Å². The maximum absolute atomic E-state index is 9.10. The fourth-order valence-electron chi connectivity index (χ4n) is 0. The van der Waals surface area contributed by atoms with Crippen LogP contribution in [0.3, 0.4) is 0 Å². The number of carboxylic acids is 2. The van der Waals surface area contributed by atoms with Crippen LogP contribution in [0.5, 0.6) is 0 Å². The van der Waals surface area contributed by atoms with Crippen LogP contribution in [-0.2, 0) is 9.59 Å². The third kappa shape index (κ3) is 6.54. The van der Waals surface area contributed by atoms with Crippen molar-refractivity contribution in [3.8, 4) is 0 Å². The van der Waals surface area contributed by atoms with Crippen LogP contribution in [-0.4, -0.2) is 22.2 Å². The summed E-state index contributed by atoms with van der Waals surface area (Å²) in [6.07, 6.45) is 0. The van der Waals surface area contributed by atoms with Crippen molar-refractivity contribution in [2.75, 3.05) is 0 Å². The van der Waals surface area contributed by atoms with Gasteiger partial charge in [-0.2, -0.15) is 0 Å². The third-order valence-electron chi connectivity index (χ3n) is 0.183. The molecule has 0 bridgehead atoms. The molecule has 0 rings (SSSR count). The van der Waals surface area contributed by atoms with Gasteiger partial charge in [-0.15, -0.1) is 0 Å². The first-order valence-corrected chi connectivity index (χ1v) is 1.11. The van der Waals surface area contributed by atoms with Gasteiger partial charge in [-0.1, -0.05) is 0 Å². The van der Waals surface area contributed by atoms with Crippen LogP contribution >= 0.6 is 0 Å². The van der Waals surface area contributed by atoms with Gasteiger partial charge in [0.2, 0.25) is 0 Å². The van der Waals surface area contributed by atoms with Crippen molar-refractivity contribution in [1.29, 1.82) is 0 Å². The molecule has 0 heterocycles. The zero-order valence-corrected chi connectivity index (χ0v) is 11.9. The minimum Gasteiger partial charge on any atom is -0.473 e. The van der Waals surface area contributed by atoms with E-state index in [1.165, 1.54) is 0 Å². The molecule has 0 fully saturated rings. The van der Waals surface area contributed by atoms with Crippen LogP contribution in [0.1, 0.15) is 0 Å². The fourth-order valence-corrected chi connectivity index (χ4v) is 0. The molecule has 0 saturated heterocycles. The first kappa shape index (κ1) is 10.5. The van der Waals surface area contributed by atoms with Crippen molar-refractivity contribution in [1.82, 2.24) is 0 Å². The van der Waals surface area contributed by atoms with E-state index in [1.807, 2.05) is 0 Å². The van der Waals surface area contributed by atoms with E-state index < -0.39 is 11.9 Å². The Morgan fingerprint density at radius 1 is 1.00 bits per heavy atom. The largest absolute Gasteiger partial charge is 0.473 e. The minimum absolute atomic E-state index is 0. The number of rotatable bonds is 0. The average Bonchev–Trinajstić information content (AvgIpc) is 1.36. The Morgan fingerprint density at radius 3 is 1.14 bits per heavy atom. The Labute approximate surface area is 80.5 Å². The van der Waals surface area contributed by atoms with Crippen LogP contribution in [0, 0.1) is 49.9 Å². The Balaban J connectivity index is 0. The topological polar surface area (TPSA) is 74.6 Å². The fraction of sp³-hybridized carbons (Fsp3) is 0. The van der Waals surface area contributed by atoms with E-state index in [-0.39, 0.29) is 49.9 Å². The molecule has 0 aromatic heterocycles. The van der Waals surface area contributed by atoms with Gasteiger partial charge in [-0.05, 0) is 0 Å². The van der Waals surface area contributed by atoms with Crippen molar-refractivity contribution < 1.29 is 69.7 Å². The monoisotopic (exact) mass is 313 g/mol. The Morgan fingerprint density at radius 2 is 1.14 bits per heavy atom. The van der Waals surface area contributed by atoms with E-state index in [0.717, 1.165) is 0 Å². The molecule has 7 heavy (non-hydrogen) atoms. The first-order valence-electron chi connectivity index (χ1n) is 1.11. The van der Waals surface area contributed by atoms with Gasteiger partial charge in [0.25, 0.3) is 0 Å². The van der Waals surface area contributed by atoms with Gasteiger partial charge >= 0.3 is 11.9 Å². The zero-order chi connectivity index (χ0) is 5.15. The Hall–Kier alpha value is 0.537. The average molecular weight is 313 g/mol. The molecule has 1 radical (unpaired) electrons. The quantitative estimate of drug-likeness (QED) is 0.572. The van der Waals surface area contributed by atoms with Crippen LogP contribution in [0.25, 0.3) is 0 Å². The Bertz CT molecular complexity index is 75.7. The van der Waals surface area contributed by atoms with Gasteiger partial charge in [-0.25, -0.2) is 9.59 Å². The predicted octanol–water partition coefficient (Wildman–Crippen LogP) is -0.844. The molecule has 2 N–H and O–H groups in total. The standard InChI is InChI=1S/C2H2O4.Fr/c3-1(4)2(5)6;/h(H,3,4)(H,5,6);. The zero-order valence-electron chi connectivity index (χ0n) is 3.71. The molecule has 0 aromatic rings. The van der Waals surface area contributed by atoms with E-state index >= 15 is 0 Å². The van der Waals surface area contributed by atoms with E-state index in [4.69, 9.17) is 19.8 Å². The second-order valence-electron chi connectivity index (χ2n) is 0.610. The summed E-state index contributed by atoms with van der Waals surface area (Å²) < 4.78 is 0. The second-order valence-corrected chi connectivity index (χ2v) is 0.610. The molecule has 0 spiro atoms. The molecule has 0 saturated carbocycles. The number of aliphatic carboxylic acids is 2. The number of hydrogen-bond acceptors (Lipinski definition) is 2. The molecule has 0 aliphatic carbocycles. The summed E-state index contributed by atoms with van der Waals surface area (Å²) in [5.41, 5.74) is 0. The van der Waals surface area contributed by atoms with E-state index in [0.29, 0.717) is 0 Å². The molecule has 0 amide bonds. The minimum atomic E-state index is -1.82. The van der Waals surface area contributed by atoms with Gasteiger partial charge in [0.15, 0.2) is 0 Å². The summed E-state index contributed by atoms with van der Waals surface area (Å²) >= 11 is 0. The van der Waals surface area contributed by atoms with Crippen molar-refractivity contribution >= 4 is 11.9 Å². The number of hydrogen-bond donors (Lipinski definition) is 2. The second kappa shape index (κ2) is 4.69. The van der Waals surface area contributed by atoms with Gasteiger partial charge in [0.1, 0.15) is 0 Å². The van der Waals surface area contributed by atoms with Crippen molar-refractivity contribution in [3.63, 3.8) is 0 Å². The van der Waals surface area contributed by atoms with E-state index in [9.17, 15) is 0 Å². The molecule has 0 aliphatic rings. The summed E-state index contributed by atoms with van der Waals surface area (Å²) in [6.45, 7) is 0. The first-order chi connectivity index (χ1) is 2.64. The molecule has 0 aliphatic heterocycles. The molecular weight excluding hydrogens is 311 g/mol. The van der Waals surface area contributed by atoms with Crippen LogP contribution in [0.2, 0.25) is 0 Å². The molecular formula is C2H2FrO4. The van der Waals surface area contributed by atoms with Crippen molar-refractivity contribution in [2.45, 2.75) is 0 Å². The molecule has 0 unspecified atom stereocenters. The number of carboxylic acid groups (broad SMARTS) is 2. The summed E-state index contributed by atoms with van der Waals surface area (Å²) in [5, 5.41) is 14.8. The summed E-state index contributed by atoms with van der Waals surface area (Å²) in [4.78, 5) is 18.2. The normalized spacial score (nSPS) is 6.29. The molecule has 0 atom stereocenters. The van der Waals surface area contributed by atoms with Crippen molar-refractivity contribution in [2.24, 2.45) is 0 Å². The summed E-state index contributed by atoms with van der Waals surface area (Å²) in [5.74, 6) is -3.65. The molecule has 4 nitrogen and oxygen atoms in total. The summed E-state index contributed by atoms with van der Waals surface area (Å²) in [6, 6.07) is 0. The van der Waals surface area contributed by atoms with Crippen LogP contribution < -0.4 is 0 Å². The molecule has 5 heteroatoms. The number of carbonyl (C=O) groups is 2. The molecule has 0 aromatic carbocycles. The van der Waals surface area contributed by atoms with Gasteiger partial charge in [0.05, 0.1) is 0 Å². The van der Waals surface area contributed by atoms with Crippen LogP contribution in [0.15, 0.2) is 0 Å². The van der Waals surface area contributed by atoms with Crippen molar-refractivity contribution in [3.05, 3.63) is 0 Å². The maximum Gasteiger partial charge on any atom is 0.414 e. The predicted molar refractivity (Wildman–Crippen MR) is 15.3 cm³/mol. The third-order valence-corrected chi connectivity index (χ3v) is 0.183. The summed E-state index contributed by atoms with van der Waals surface area (Å²) in [7, 11) is 0. The van der Waals surface area contributed by atoms with E-state index in [1.54, 1.807) is 0 Å². The van der Waals surface area contributed by atoms with Gasteiger partial charge < -0.3 is 10.2 Å². The smallest absolute Gasteiger partial charge is 0.414 e. The van der Waals surface area contributed by atoms with Crippen LogP contribution in [0.4, 0.5) is 0 Å². The maximum atomic E-state index is 9.10.